The van der Waals surface area contributed by atoms with Gasteiger partial charge in [0.15, 0.2) is 0 Å². The summed E-state index contributed by atoms with van der Waals surface area (Å²) in [5, 5.41) is 8.98. The van der Waals surface area contributed by atoms with Crippen molar-refractivity contribution in [3.63, 3.8) is 0 Å². The van der Waals surface area contributed by atoms with Gasteiger partial charge < -0.3 is 10.0 Å². The molecule has 1 N–H and O–H groups in total. The minimum Gasteiger partial charge on any atom is -0.392 e. The highest BCUT2D eigenvalue weighted by molar-refractivity contribution is 5.51. The molecule has 0 saturated carbocycles. The number of anilines is 1. The van der Waals surface area contributed by atoms with Crippen molar-refractivity contribution in [1.29, 1.82) is 0 Å². The molecule has 1 aliphatic heterocycles. The zero-order chi connectivity index (χ0) is 13.8. The predicted molar refractivity (Wildman–Crippen MR) is 72.2 cm³/mol. The van der Waals surface area contributed by atoms with Crippen molar-refractivity contribution >= 4 is 5.69 Å². The fraction of sp³-hybridized carbons (Fsp3) is 0.600. The van der Waals surface area contributed by atoms with Crippen molar-refractivity contribution in [1.82, 2.24) is 0 Å². The van der Waals surface area contributed by atoms with Gasteiger partial charge in [-0.25, -0.2) is 8.78 Å². The van der Waals surface area contributed by atoms with Crippen LogP contribution in [0.4, 0.5) is 14.5 Å². The van der Waals surface area contributed by atoms with Gasteiger partial charge in [-0.1, -0.05) is 19.8 Å². The van der Waals surface area contributed by atoms with E-state index >= 15 is 0 Å². The third-order valence-corrected chi connectivity index (χ3v) is 3.89. The van der Waals surface area contributed by atoms with E-state index in [1.807, 2.05) is 4.90 Å². The molecule has 19 heavy (non-hydrogen) atoms. The Morgan fingerprint density at radius 3 is 2.47 bits per heavy atom. The zero-order valence-corrected chi connectivity index (χ0v) is 11.3. The Balaban J connectivity index is 2.38. The molecule has 106 valence electrons. The summed E-state index contributed by atoms with van der Waals surface area (Å²) in [7, 11) is 0. The molecule has 0 spiro atoms. The summed E-state index contributed by atoms with van der Waals surface area (Å²) >= 11 is 0. The first-order chi connectivity index (χ1) is 9.17. The summed E-state index contributed by atoms with van der Waals surface area (Å²) in [6, 6.07) is 2.66. The lowest BCUT2D eigenvalue weighted by Crippen LogP contribution is -2.35. The van der Waals surface area contributed by atoms with Gasteiger partial charge in [0, 0.05) is 12.6 Å². The highest BCUT2D eigenvalue weighted by atomic mass is 19.1. The molecule has 1 aromatic rings. The first-order valence-corrected chi connectivity index (χ1v) is 7.02. The number of aliphatic hydroxyl groups is 1. The van der Waals surface area contributed by atoms with Gasteiger partial charge in [-0.05, 0) is 37.0 Å². The van der Waals surface area contributed by atoms with Gasteiger partial charge in [0.2, 0.25) is 0 Å². The normalized spacial score (nSPS) is 20.4. The number of hydrogen-bond acceptors (Lipinski definition) is 2. The molecular formula is C15H21F2NO. The lowest BCUT2D eigenvalue weighted by Gasteiger charge is -2.32. The van der Waals surface area contributed by atoms with Crippen molar-refractivity contribution in [2.45, 2.75) is 51.7 Å². The summed E-state index contributed by atoms with van der Waals surface area (Å²) in [5.41, 5.74) is 0.354. The van der Waals surface area contributed by atoms with Gasteiger partial charge in [-0.15, -0.1) is 0 Å². The summed E-state index contributed by atoms with van der Waals surface area (Å²) in [4.78, 5) is 1.87. The average Bonchev–Trinajstić information content (AvgIpc) is 2.63. The van der Waals surface area contributed by atoms with Crippen LogP contribution in [0.15, 0.2) is 12.1 Å². The summed E-state index contributed by atoms with van der Waals surface area (Å²) in [6.45, 7) is 2.41. The van der Waals surface area contributed by atoms with Crippen molar-refractivity contribution in [2.24, 2.45) is 0 Å². The minimum atomic E-state index is -0.565. The van der Waals surface area contributed by atoms with E-state index in [0.29, 0.717) is 6.54 Å². The van der Waals surface area contributed by atoms with Crippen LogP contribution >= 0.6 is 0 Å². The van der Waals surface area contributed by atoms with Gasteiger partial charge in [0.05, 0.1) is 6.61 Å². The molecule has 0 bridgehead atoms. The Morgan fingerprint density at radius 1 is 1.21 bits per heavy atom. The lowest BCUT2D eigenvalue weighted by atomic mass is 10.1. The molecule has 4 heteroatoms. The number of hydrogen-bond donors (Lipinski definition) is 1. The predicted octanol–water partition coefficient (Wildman–Crippen LogP) is 3.62. The molecule has 1 saturated heterocycles. The number of halogens is 2. The van der Waals surface area contributed by atoms with Gasteiger partial charge in [0.1, 0.15) is 17.3 Å². The Hall–Kier alpha value is -1.16. The van der Waals surface area contributed by atoms with Crippen molar-refractivity contribution < 1.29 is 13.9 Å². The highest BCUT2D eigenvalue weighted by Gasteiger charge is 2.25. The van der Waals surface area contributed by atoms with Gasteiger partial charge in [-0.2, -0.15) is 0 Å². The van der Waals surface area contributed by atoms with E-state index in [-0.39, 0.29) is 23.9 Å². The van der Waals surface area contributed by atoms with E-state index in [2.05, 4.69) is 6.92 Å². The van der Waals surface area contributed by atoms with E-state index in [1.165, 1.54) is 12.1 Å². The largest absolute Gasteiger partial charge is 0.392 e. The fourth-order valence-electron chi connectivity index (χ4n) is 2.88. The Kier molecular flexibility index (Phi) is 4.75. The van der Waals surface area contributed by atoms with Crippen LogP contribution in [0.3, 0.4) is 0 Å². The molecule has 1 heterocycles. The minimum absolute atomic E-state index is 0.0750. The van der Waals surface area contributed by atoms with E-state index in [4.69, 9.17) is 5.11 Å². The Morgan fingerprint density at radius 2 is 1.89 bits per heavy atom. The molecule has 0 radical (unpaired) electrons. The number of aliphatic hydroxyl groups excluding tert-OH is 1. The highest BCUT2D eigenvalue weighted by Crippen LogP contribution is 2.31. The van der Waals surface area contributed by atoms with E-state index in [9.17, 15) is 8.78 Å². The van der Waals surface area contributed by atoms with Gasteiger partial charge in [-0.3, -0.25) is 0 Å². The van der Waals surface area contributed by atoms with Crippen LogP contribution in [0.5, 0.6) is 0 Å². The van der Waals surface area contributed by atoms with Crippen molar-refractivity contribution in [3.05, 3.63) is 29.3 Å². The van der Waals surface area contributed by atoms with Crippen LogP contribution in [0, 0.1) is 11.6 Å². The third-order valence-electron chi connectivity index (χ3n) is 3.89. The molecule has 2 rings (SSSR count). The maximum atomic E-state index is 14.1. The van der Waals surface area contributed by atoms with Gasteiger partial charge in [0.25, 0.3) is 0 Å². The molecule has 0 amide bonds. The average molecular weight is 269 g/mol. The van der Waals surface area contributed by atoms with Crippen LogP contribution in [-0.2, 0) is 6.61 Å². The fourth-order valence-corrected chi connectivity index (χ4v) is 2.88. The third kappa shape index (κ3) is 3.06. The van der Waals surface area contributed by atoms with Crippen molar-refractivity contribution in [2.75, 3.05) is 11.4 Å². The van der Waals surface area contributed by atoms with Crippen LogP contribution in [0.25, 0.3) is 0 Å². The molecule has 1 unspecified atom stereocenters. The lowest BCUT2D eigenvalue weighted by molar-refractivity contribution is 0.280. The maximum absolute atomic E-state index is 14.1. The molecule has 1 fully saturated rings. The smallest absolute Gasteiger partial charge is 0.149 e. The molecule has 0 aromatic heterocycles. The van der Waals surface area contributed by atoms with Crippen LogP contribution in [0.1, 0.15) is 44.6 Å². The van der Waals surface area contributed by atoms with Crippen LogP contribution in [0.2, 0.25) is 0 Å². The van der Waals surface area contributed by atoms with Crippen LogP contribution in [-0.4, -0.2) is 17.7 Å². The Labute approximate surface area is 113 Å². The summed E-state index contributed by atoms with van der Waals surface area (Å²) in [5.74, 6) is -1.13. The molecule has 1 aliphatic rings. The zero-order valence-electron chi connectivity index (χ0n) is 11.3. The standard InChI is InChI=1S/C15H21F2NO/c1-2-12-6-4-3-5-7-18(12)15-13(16)8-11(10-19)9-14(15)17/h8-9,12,19H,2-7,10H2,1H3. The molecule has 1 aromatic carbocycles. The van der Waals surface area contributed by atoms with E-state index in [0.717, 1.165) is 32.1 Å². The molecule has 2 nitrogen and oxygen atoms in total. The topological polar surface area (TPSA) is 23.5 Å². The quantitative estimate of drug-likeness (QED) is 0.906. The SMILES string of the molecule is CCC1CCCCCN1c1c(F)cc(CO)cc1F. The molecule has 1 atom stereocenters. The second kappa shape index (κ2) is 6.33. The first-order valence-electron chi connectivity index (χ1n) is 7.02. The first kappa shape index (κ1) is 14.3. The molecule has 0 aliphatic carbocycles. The van der Waals surface area contributed by atoms with Crippen LogP contribution < -0.4 is 4.90 Å². The van der Waals surface area contributed by atoms with E-state index < -0.39 is 11.6 Å². The summed E-state index contributed by atoms with van der Waals surface area (Å²) in [6.07, 6.45) is 5.08. The number of rotatable bonds is 3. The second-order valence-electron chi connectivity index (χ2n) is 5.17. The monoisotopic (exact) mass is 269 g/mol. The number of nitrogens with zero attached hydrogens (tertiary/aromatic N) is 1. The maximum Gasteiger partial charge on any atom is 0.149 e. The van der Waals surface area contributed by atoms with Crippen molar-refractivity contribution in [3.8, 4) is 0 Å². The Bertz CT molecular complexity index is 413. The second-order valence-corrected chi connectivity index (χ2v) is 5.17. The number of benzene rings is 1. The van der Waals surface area contributed by atoms with E-state index in [1.54, 1.807) is 0 Å². The molecular weight excluding hydrogens is 248 g/mol. The van der Waals surface area contributed by atoms with Gasteiger partial charge >= 0.3 is 0 Å². The summed E-state index contributed by atoms with van der Waals surface area (Å²) < 4.78 is 28.3.